The largest absolute Gasteiger partial charge is 0.495 e. The zero-order valence-corrected chi connectivity index (χ0v) is 14.0. The summed E-state index contributed by atoms with van der Waals surface area (Å²) in [5, 5.41) is -0.207. The Morgan fingerprint density at radius 3 is 2.71 bits per heavy atom. The highest BCUT2D eigenvalue weighted by molar-refractivity contribution is 9.10. The number of fused-ring (bicyclic) bond motifs is 1. The van der Waals surface area contributed by atoms with Crippen molar-refractivity contribution in [3.63, 3.8) is 0 Å². The highest BCUT2D eigenvalue weighted by Gasteiger charge is 2.18. The van der Waals surface area contributed by atoms with Crippen LogP contribution in [-0.4, -0.2) is 16.7 Å². The van der Waals surface area contributed by atoms with Crippen LogP contribution in [0.1, 0.15) is 18.1 Å². The van der Waals surface area contributed by atoms with Gasteiger partial charge in [-0.1, -0.05) is 28.1 Å². The molecule has 0 aliphatic rings. The van der Waals surface area contributed by atoms with Crippen LogP contribution in [0.25, 0.3) is 16.7 Å². The van der Waals surface area contributed by atoms with Crippen LogP contribution in [0, 0.1) is 0 Å². The number of benzene rings is 2. The van der Waals surface area contributed by atoms with Crippen molar-refractivity contribution in [2.24, 2.45) is 0 Å². The minimum absolute atomic E-state index is 0.207. The molecule has 0 bridgehead atoms. The second kappa shape index (κ2) is 5.70. The molecule has 3 aromatic rings. The Balaban J connectivity index is 2.38. The van der Waals surface area contributed by atoms with E-state index in [9.17, 15) is 0 Å². The van der Waals surface area contributed by atoms with Gasteiger partial charge in [-0.2, -0.15) is 0 Å². The first kappa shape index (κ1) is 14.4. The lowest BCUT2D eigenvalue weighted by Crippen LogP contribution is -2.04. The Hall–Kier alpha value is -1.52. The molecule has 5 heteroatoms. The zero-order valence-electron chi connectivity index (χ0n) is 11.7. The first-order valence-electron chi connectivity index (χ1n) is 6.57. The molecule has 0 fully saturated rings. The summed E-state index contributed by atoms with van der Waals surface area (Å²) >= 11 is 9.84. The summed E-state index contributed by atoms with van der Waals surface area (Å²) in [5.41, 5.74) is 2.85. The van der Waals surface area contributed by atoms with E-state index in [-0.39, 0.29) is 5.38 Å². The Morgan fingerprint density at radius 2 is 2.00 bits per heavy atom. The quantitative estimate of drug-likeness (QED) is 0.604. The zero-order chi connectivity index (χ0) is 15.0. The van der Waals surface area contributed by atoms with Gasteiger partial charge in [-0.05, 0) is 37.3 Å². The Morgan fingerprint density at radius 1 is 1.24 bits per heavy atom. The van der Waals surface area contributed by atoms with Gasteiger partial charge in [-0.25, -0.2) is 4.98 Å². The second-order valence-electron chi connectivity index (χ2n) is 4.73. The first-order valence-corrected chi connectivity index (χ1v) is 7.80. The first-order chi connectivity index (χ1) is 10.1. The number of methoxy groups -OCH3 is 1. The van der Waals surface area contributed by atoms with Crippen molar-refractivity contribution >= 4 is 38.6 Å². The maximum atomic E-state index is 6.33. The standard InChI is InChI=1S/C16H14BrClN2O/c1-10(18)16-19-12-5-3-4-6-13(12)20(16)14-9-11(17)7-8-15(14)21-2/h3-10H,1-2H3. The van der Waals surface area contributed by atoms with Gasteiger partial charge in [0.05, 0.1) is 29.2 Å². The third-order valence-corrected chi connectivity index (χ3v) is 4.01. The van der Waals surface area contributed by atoms with E-state index in [1.165, 1.54) is 0 Å². The van der Waals surface area contributed by atoms with Crippen LogP contribution in [0.3, 0.4) is 0 Å². The summed E-state index contributed by atoms with van der Waals surface area (Å²) < 4.78 is 8.52. The molecule has 21 heavy (non-hydrogen) atoms. The molecule has 0 saturated heterocycles. The highest BCUT2D eigenvalue weighted by atomic mass is 79.9. The fourth-order valence-electron chi connectivity index (χ4n) is 2.40. The van der Waals surface area contributed by atoms with Crippen LogP contribution in [0.5, 0.6) is 5.75 Å². The predicted octanol–water partition coefficient (Wildman–Crippen LogP) is 5.10. The number of aromatic nitrogens is 2. The number of halogens is 2. The van der Waals surface area contributed by atoms with E-state index in [2.05, 4.69) is 25.5 Å². The number of ether oxygens (including phenoxy) is 1. The average molecular weight is 366 g/mol. The monoisotopic (exact) mass is 364 g/mol. The molecule has 3 rings (SSSR count). The maximum Gasteiger partial charge on any atom is 0.142 e. The smallest absolute Gasteiger partial charge is 0.142 e. The molecule has 1 atom stereocenters. The fourth-order valence-corrected chi connectivity index (χ4v) is 2.90. The number of rotatable bonds is 3. The number of hydrogen-bond donors (Lipinski definition) is 0. The van der Waals surface area contributed by atoms with E-state index < -0.39 is 0 Å². The summed E-state index contributed by atoms with van der Waals surface area (Å²) in [4.78, 5) is 4.65. The van der Waals surface area contributed by atoms with Crippen LogP contribution in [0.2, 0.25) is 0 Å². The van der Waals surface area contributed by atoms with Gasteiger partial charge in [-0.15, -0.1) is 11.6 Å². The molecule has 0 amide bonds. The SMILES string of the molecule is COc1ccc(Br)cc1-n1c(C(C)Cl)nc2ccccc21. The van der Waals surface area contributed by atoms with Crippen LogP contribution >= 0.6 is 27.5 Å². The van der Waals surface area contributed by atoms with Crippen molar-refractivity contribution in [1.29, 1.82) is 0 Å². The van der Waals surface area contributed by atoms with Gasteiger partial charge >= 0.3 is 0 Å². The molecule has 1 unspecified atom stereocenters. The molecule has 1 heterocycles. The molecule has 1 aromatic heterocycles. The normalized spacial score (nSPS) is 12.6. The van der Waals surface area contributed by atoms with E-state index in [4.69, 9.17) is 16.3 Å². The summed E-state index contributed by atoms with van der Waals surface area (Å²) in [5.74, 6) is 1.58. The van der Waals surface area contributed by atoms with Gasteiger partial charge in [0.15, 0.2) is 0 Å². The predicted molar refractivity (Wildman–Crippen MR) is 89.6 cm³/mol. The van der Waals surface area contributed by atoms with E-state index in [0.717, 1.165) is 32.8 Å². The van der Waals surface area contributed by atoms with Crippen molar-refractivity contribution in [3.05, 3.63) is 52.8 Å². The Kier molecular flexibility index (Phi) is 3.91. The number of nitrogens with zero attached hydrogens (tertiary/aromatic N) is 2. The lowest BCUT2D eigenvalue weighted by atomic mass is 10.2. The molecule has 3 nitrogen and oxygen atoms in total. The molecular formula is C16H14BrClN2O. The van der Waals surface area contributed by atoms with Crippen molar-refractivity contribution in [1.82, 2.24) is 9.55 Å². The summed E-state index contributed by atoms with van der Waals surface area (Å²) in [7, 11) is 1.66. The summed E-state index contributed by atoms with van der Waals surface area (Å²) in [6.45, 7) is 1.92. The van der Waals surface area contributed by atoms with Crippen LogP contribution < -0.4 is 4.74 Å². The van der Waals surface area contributed by atoms with Gasteiger partial charge in [0.1, 0.15) is 11.6 Å². The van der Waals surface area contributed by atoms with Crippen LogP contribution in [-0.2, 0) is 0 Å². The van der Waals surface area contributed by atoms with Crippen molar-refractivity contribution in [2.75, 3.05) is 7.11 Å². The molecule has 2 aromatic carbocycles. The molecule has 0 spiro atoms. The van der Waals surface area contributed by atoms with Gasteiger partial charge in [-0.3, -0.25) is 4.57 Å². The molecule has 0 saturated carbocycles. The van der Waals surface area contributed by atoms with Gasteiger partial charge in [0, 0.05) is 4.47 Å². The number of alkyl halides is 1. The number of hydrogen-bond acceptors (Lipinski definition) is 2. The minimum atomic E-state index is -0.207. The van der Waals surface area contributed by atoms with E-state index in [1.807, 2.05) is 49.4 Å². The average Bonchev–Trinajstić information content (AvgIpc) is 2.86. The van der Waals surface area contributed by atoms with E-state index in [1.54, 1.807) is 7.11 Å². The minimum Gasteiger partial charge on any atom is -0.495 e. The lowest BCUT2D eigenvalue weighted by molar-refractivity contribution is 0.412. The van der Waals surface area contributed by atoms with Gasteiger partial charge < -0.3 is 4.74 Å². The molecule has 0 radical (unpaired) electrons. The third-order valence-electron chi connectivity index (χ3n) is 3.32. The fraction of sp³-hybridized carbons (Fsp3) is 0.188. The number of para-hydroxylation sites is 2. The third kappa shape index (κ3) is 2.54. The van der Waals surface area contributed by atoms with Crippen molar-refractivity contribution in [2.45, 2.75) is 12.3 Å². The molecule has 108 valence electrons. The second-order valence-corrected chi connectivity index (χ2v) is 6.30. The van der Waals surface area contributed by atoms with Crippen molar-refractivity contribution < 1.29 is 4.74 Å². The Labute approximate surface area is 136 Å². The molecule has 0 N–H and O–H groups in total. The van der Waals surface area contributed by atoms with Gasteiger partial charge in [0.25, 0.3) is 0 Å². The van der Waals surface area contributed by atoms with Crippen LogP contribution in [0.4, 0.5) is 0 Å². The van der Waals surface area contributed by atoms with Gasteiger partial charge in [0.2, 0.25) is 0 Å². The topological polar surface area (TPSA) is 27.1 Å². The summed E-state index contributed by atoms with van der Waals surface area (Å²) in [6, 6.07) is 13.9. The number of imidazole rings is 1. The summed E-state index contributed by atoms with van der Waals surface area (Å²) in [6.07, 6.45) is 0. The Bertz CT molecular complexity index is 798. The molecular weight excluding hydrogens is 352 g/mol. The maximum absolute atomic E-state index is 6.33. The highest BCUT2D eigenvalue weighted by Crippen LogP contribution is 2.34. The van der Waals surface area contributed by atoms with E-state index >= 15 is 0 Å². The molecule has 0 aliphatic heterocycles. The lowest BCUT2D eigenvalue weighted by Gasteiger charge is -2.14. The van der Waals surface area contributed by atoms with E-state index in [0.29, 0.717) is 0 Å². The molecule has 0 aliphatic carbocycles. The van der Waals surface area contributed by atoms with Crippen LogP contribution in [0.15, 0.2) is 46.9 Å². The van der Waals surface area contributed by atoms with Crippen molar-refractivity contribution in [3.8, 4) is 11.4 Å².